The van der Waals surface area contributed by atoms with Crippen molar-refractivity contribution in [3.63, 3.8) is 0 Å². The van der Waals surface area contributed by atoms with Gasteiger partial charge in [0.1, 0.15) is 0 Å². The maximum atomic E-state index is 3.65. The Morgan fingerprint density at radius 3 is 1.15 bits per heavy atom. The Morgan fingerprint density at radius 2 is 0.923 bits per heavy atom. The zero-order chi connectivity index (χ0) is 9.94. The zero-order valence-electron chi connectivity index (χ0n) is 7.76. The zero-order valence-corrected chi connectivity index (χ0v) is 10.3. The van der Waals surface area contributed by atoms with Gasteiger partial charge in [-0.25, -0.2) is 0 Å². The van der Waals surface area contributed by atoms with E-state index in [1.54, 1.807) is 18.2 Å². The molecule has 0 bridgehead atoms. The number of allylic oxidation sites excluding steroid dienone is 6. The molecule has 0 heterocycles. The second-order valence-electron chi connectivity index (χ2n) is 2.18. The van der Waals surface area contributed by atoms with Crippen molar-refractivity contribution >= 4 is 20.2 Å². The Labute approximate surface area is 88.3 Å². The molecule has 0 aliphatic heterocycles. The van der Waals surface area contributed by atoms with Crippen LogP contribution >= 0.6 is 0 Å². The Balaban J connectivity index is 4.33. The van der Waals surface area contributed by atoms with E-state index < -0.39 is 20.2 Å². The molecule has 0 rings (SSSR count). The van der Waals surface area contributed by atoms with Crippen LogP contribution in [-0.2, 0) is 0 Å². The first-order chi connectivity index (χ1) is 6.35. The fraction of sp³-hybridized carbons (Fsp3) is 0. The minimum atomic E-state index is -1.47. The van der Waals surface area contributed by atoms with E-state index in [4.69, 9.17) is 0 Å². The molecule has 0 fully saturated rings. The third kappa shape index (κ3) is 7.61. The van der Waals surface area contributed by atoms with Crippen molar-refractivity contribution in [2.45, 2.75) is 0 Å². The summed E-state index contributed by atoms with van der Waals surface area (Å²) in [6.45, 7) is 10.9. The molecule has 0 atom stereocenters. The van der Waals surface area contributed by atoms with Gasteiger partial charge in [0.05, 0.1) is 0 Å². The summed E-state index contributed by atoms with van der Waals surface area (Å²) in [4.78, 5) is 0. The molecule has 0 radical (unpaired) electrons. The average molecular weight is 281 g/mol. The van der Waals surface area contributed by atoms with Gasteiger partial charge in [0.2, 0.25) is 0 Å². The maximum absolute atomic E-state index is 3.65. The van der Waals surface area contributed by atoms with Gasteiger partial charge in [0.25, 0.3) is 0 Å². The summed E-state index contributed by atoms with van der Waals surface area (Å²) in [7, 11) is 0. The Kier molecular flexibility index (Phi) is 8.81. The van der Waals surface area contributed by atoms with Crippen molar-refractivity contribution in [2.75, 3.05) is 0 Å². The van der Waals surface area contributed by atoms with Crippen LogP contribution in [0.1, 0.15) is 0 Å². The van der Waals surface area contributed by atoms with E-state index in [9.17, 15) is 0 Å². The van der Waals surface area contributed by atoms with Gasteiger partial charge in [-0.05, 0) is 0 Å². The molecule has 0 saturated carbocycles. The van der Waals surface area contributed by atoms with Crippen molar-refractivity contribution in [3.8, 4) is 0 Å². The summed E-state index contributed by atoms with van der Waals surface area (Å²) < 4.78 is 6.70. The SMILES string of the molecule is C=CC=[CH][Sb]([CH]=CC=C)[CH]=CC=C. The molecule has 13 heavy (non-hydrogen) atoms. The van der Waals surface area contributed by atoms with Crippen LogP contribution < -0.4 is 0 Å². The predicted molar refractivity (Wildman–Crippen MR) is 63.8 cm³/mol. The first-order valence-corrected chi connectivity index (χ1v) is 8.42. The second-order valence-corrected chi connectivity index (χ2v) is 7.28. The Morgan fingerprint density at radius 1 is 0.615 bits per heavy atom. The fourth-order valence-electron chi connectivity index (χ4n) is 0.630. The van der Waals surface area contributed by atoms with Crippen molar-refractivity contribution in [2.24, 2.45) is 0 Å². The summed E-state index contributed by atoms with van der Waals surface area (Å²) in [6, 6.07) is 0. The van der Waals surface area contributed by atoms with Gasteiger partial charge in [0, 0.05) is 0 Å². The van der Waals surface area contributed by atoms with E-state index >= 15 is 0 Å². The number of hydrogen-bond acceptors (Lipinski definition) is 0. The molecule has 0 unspecified atom stereocenters. The van der Waals surface area contributed by atoms with Gasteiger partial charge in [0.15, 0.2) is 0 Å². The van der Waals surface area contributed by atoms with Crippen molar-refractivity contribution < 1.29 is 0 Å². The second kappa shape index (κ2) is 9.35. The van der Waals surface area contributed by atoms with Crippen LogP contribution in [0.5, 0.6) is 0 Å². The molecule has 0 amide bonds. The Bertz CT molecular complexity index is 201. The first kappa shape index (κ1) is 12.3. The van der Waals surface area contributed by atoms with Crippen LogP contribution in [0, 0.1) is 0 Å². The molecule has 0 aliphatic carbocycles. The molecule has 0 spiro atoms. The summed E-state index contributed by atoms with van der Waals surface area (Å²) in [5.41, 5.74) is 0. The van der Waals surface area contributed by atoms with Gasteiger partial charge < -0.3 is 0 Å². The summed E-state index contributed by atoms with van der Waals surface area (Å²) >= 11 is -1.47. The fourth-order valence-corrected chi connectivity index (χ4v) is 4.22. The average Bonchev–Trinajstić information content (AvgIpc) is 2.17. The van der Waals surface area contributed by atoms with Gasteiger partial charge >= 0.3 is 88.5 Å². The van der Waals surface area contributed by atoms with E-state index in [1.807, 2.05) is 18.2 Å². The van der Waals surface area contributed by atoms with Crippen molar-refractivity contribution in [1.29, 1.82) is 0 Å². The molecule has 0 aromatic rings. The van der Waals surface area contributed by atoms with Gasteiger partial charge in [-0.15, -0.1) is 0 Å². The van der Waals surface area contributed by atoms with Crippen LogP contribution in [0.3, 0.4) is 0 Å². The van der Waals surface area contributed by atoms with E-state index in [-0.39, 0.29) is 0 Å². The molecule has 68 valence electrons. The molecular weight excluding hydrogens is 266 g/mol. The number of rotatable bonds is 6. The monoisotopic (exact) mass is 280 g/mol. The van der Waals surface area contributed by atoms with Crippen molar-refractivity contribution in [1.82, 2.24) is 0 Å². The molecule has 1 heteroatoms. The standard InChI is InChI=1S/3C4H5.Sb/c3*1-3-4-2;/h3*1,3-4H,2H2;. The quantitative estimate of drug-likeness (QED) is 0.517. The third-order valence-electron chi connectivity index (χ3n) is 1.18. The normalized spacial score (nSPS) is 11.8. The topological polar surface area (TPSA) is 0 Å². The van der Waals surface area contributed by atoms with E-state index in [0.29, 0.717) is 0 Å². The van der Waals surface area contributed by atoms with E-state index in [2.05, 4.69) is 31.8 Å². The molecule has 0 nitrogen and oxygen atoms in total. The molecule has 0 aromatic heterocycles. The molecule has 0 aromatic carbocycles. The molecule has 0 aliphatic rings. The van der Waals surface area contributed by atoms with Crippen LogP contribution in [-0.4, -0.2) is 20.2 Å². The minimum absolute atomic E-state index is 1.47. The predicted octanol–water partition coefficient (Wildman–Crippen LogP) is 3.33. The van der Waals surface area contributed by atoms with E-state index in [1.165, 1.54) is 0 Å². The first-order valence-electron chi connectivity index (χ1n) is 4.00. The van der Waals surface area contributed by atoms with Crippen LogP contribution in [0.15, 0.2) is 68.3 Å². The van der Waals surface area contributed by atoms with Gasteiger partial charge in [-0.3, -0.25) is 0 Å². The summed E-state index contributed by atoms with van der Waals surface area (Å²) in [5.74, 6) is 0. The molecular formula is C12H15Sb. The molecule has 0 saturated heterocycles. The van der Waals surface area contributed by atoms with Crippen LogP contribution in [0.25, 0.3) is 0 Å². The summed E-state index contributed by atoms with van der Waals surface area (Å²) in [5, 5.41) is 0. The summed E-state index contributed by atoms with van der Waals surface area (Å²) in [6.07, 6.45) is 11.4. The van der Waals surface area contributed by atoms with Crippen LogP contribution in [0.4, 0.5) is 0 Å². The van der Waals surface area contributed by atoms with Gasteiger partial charge in [-0.1, -0.05) is 0 Å². The molecule has 0 N–H and O–H groups in total. The third-order valence-corrected chi connectivity index (χ3v) is 5.60. The van der Waals surface area contributed by atoms with Gasteiger partial charge in [-0.2, -0.15) is 0 Å². The van der Waals surface area contributed by atoms with E-state index in [0.717, 1.165) is 0 Å². The Hall–Kier alpha value is -0.742. The van der Waals surface area contributed by atoms with Crippen molar-refractivity contribution in [3.05, 3.63) is 68.3 Å². The van der Waals surface area contributed by atoms with Crippen LogP contribution in [0.2, 0.25) is 0 Å². The number of hydrogen-bond donors (Lipinski definition) is 0.